The second kappa shape index (κ2) is 14.7. The van der Waals surface area contributed by atoms with Crippen LogP contribution in [0.3, 0.4) is 0 Å². The van der Waals surface area contributed by atoms with E-state index in [-0.39, 0.29) is 59.4 Å². The van der Waals surface area contributed by atoms with Gasteiger partial charge >= 0.3 is 0 Å². The van der Waals surface area contributed by atoms with Gasteiger partial charge in [-0.1, -0.05) is 200 Å². The number of hydrogen-bond donors (Lipinski definition) is 0. The molecule has 3 heterocycles. The molecule has 0 amide bonds. The molecule has 0 aliphatic carbocycles. The molecule has 0 unspecified atom stereocenters. The van der Waals surface area contributed by atoms with E-state index in [4.69, 9.17) is 15.1 Å². The lowest BCUT2D eigenvalue weighted by atomic mass is 10.1. The van der Waals surface area contributed by atoms with Crippen molar-refractivity contribution < 1.29 is 42.5 Å². The Hall–Kier alpha value is -7.76. The van der Waals surface area contributed by atoms with E-state index < -0.39 is 233 Å². The van der Waals surface area contributed by atoms with E-state index in [1.54, 1.807) is 48.5 Å². The van der Waals surface area contributed by atoms with Crippen LogP contribution in [0.25, 0.3) is 86.3 Å². The highest BCUT2D eigenvalue weighted by molar-refractivity contribution is 7.26. The van der Waals surface area contributed by atoms with Crippen LogP contribution in [0.5, 0.6) is 0 Å². The zero-order valence-corrected chi connectivity index (χ0v) is 34.3. The molecule has 300 valence electrons. The average molecular weight is 880 g/mol. The second-order valence-corrected chi connectivity index (χ2v) is 19.0. The molecule has 0 fully saturated rings. The molecule has 10 aromatic carbocycles. The quantitative estimate of drug-likeness (QED) is 0.111. The summed E-state index contributed by atoms with van der Waals surface area (Å²) in [7, 11) is -6.62. The fourth-order valence-corrected chi connectivity index (χ4v) is 13.5. The molecule has 0 saturated carbocycles. The third-order valence-electron chi connectivity index (χ3n) is 11.2. The zero-order valence-electron chi connectivity index (χ0n) is 63.5. The maximum atomic E-state index is 11.0. The summed E-state index contributed by atoms with van der Waals surface area (Å²) < 4.78 is 294. The van der Waals surface area contributed by atoms with Crippen LogP contribution in [-0.4, -0.2) is 17.2 Å². The molecule has 0 spiro atoms. The van der Waals surface area contributed by atoms with Gasteiger partial charge in [-0.3, -0.25) is 0 Å². The van der Waals surface area contributed by atoms with E-state index in [1.807, 2.05) is 0 Å². The van der Waals surface area contributed by atoms with Crippen LogP contribution in [0.15, 0.2) is 242 Å². The van der Waals surface area contributed by atoms with Crippen molar-refractivity contribution in [1.29, 1.82) is 0 Å². The fraction of sp³-hybridized carbons (Fsp3) is 0. The van der Waals surface area contributed by atoms with Gasteiger partial charge in [-0.25, -0.2) is 0 Å². The van der Waals surface area contributed by atoms with E-state index in [2.05, 4.69) is 0 Å². The third-order valence-corrected chi connectivity index (χ3v) is 16.4. The minimum atomic E-state index is -6.62. The largest absolute Gasteiger partial charge is 0.309 e. The van der Waals surface area contributed by atoms with Gasteiger partial charge in [0, 0.05) is 42.7 Å². The zero-order chi connectivity index (χ0) is 69.2. The van der Waals surface area contributed by atoms with Gasteiger partial charge in [-0.15, -0.1) is 11.3 Å². The number of hydrogen-bond acceptors (Lipinski definition) is 1. The highest BCUT2D eigenvalue weighted by Gasteiger charge is 2.42. The number of fused-ring (bicyclic) bond motifs is 10. The molecule has 4 heteroatoms. The molecule has 64 heavy (non-hydrogen) atoms. The molecule has 3 aromatic heterocycles. The number of nitrogens with zero attached hydrogens (tertiary/aromatic N) is 2. The number of para-hydroxylation sites is 3. The maximum Gasteiger partial charge on any atom is 0.179 e. The van der Waals surface area contributed by atoms with Crippen molar-refractivity contribution >= 4 is 104 Å². The fourth-order valence-electron chi connectivity index (χ4n) is 8.67. The van der Waals surface area contributed by atoms with Crippen LogP contribution in [0.4, 0.5) is 0 Å². The van der Waals surface area contributed by atoms with Gasteiger partial charge in [-0.05, 0) is 74.2 Å². The van der Waals surface area contributed by atoms with E-state index in [0.717, 1.165) is 11.3 Å². The summed E-state index contributed by atoms with van der Waals surface area (Å²) in [4.78, 5) is 0. The summed E-state index contributed by atoms with van der Waals surface area (Å²) in [5.41, 5.74) is -2.98. The van der Waals surface area contributed by atoms with E-state index >= 15 is 0 Å². The second-order valence-electron chi connectivity index (χ2n) is 14.5. The van der Waals surface area contributed by atoms with Gasteiger partial charge < -0.3 is 9.13 Å². The minimum absolute atomic E-state index is 0.0628. The summed E-state index contributed by atoms with van der Waals surface area (Å²) in [6, 6.07) is -17.5. The Morgan fingerprint density at radius 2 is 0.953 bits per heavy atom. The maximum absolute atomic E-state index is 11.0. The molecule has 13 aromatic rings. The summed E-state index contributed by atoms with van der Waals surface area (Å²) >= 11 is 1.11. The first-order valence-electron chi connectivity index (χ1n) is 35.0. The SMILES string of the molecule is [2H]c1c([2H])c([2H])c(-c2c([2H])c([2H])c([2H])c([Si](c3c([2H])c([2H])c([2H])c([2H])c3[2H])(c3c([2H])c([2H])c([2H])c([2H])c3[2H])c3c([2H])c([2H])c([2H])c(-n4c5ccccc5c5cc(-n6c7c([2H])c([2H])c([2H])c([2H])c7c7c([2H])c([2H])c([2H])c([2H])c76)c6sc7ccccc7c6c54)c3[2H])c2[2H])c([2H])c1[2H]. The Kier molecular flexibility index (Phi) is 3.99. The molecular weight excluding hydrogens is 809 g/mol. The van der Waals surface area contributed by atoms with Gasteiger partial charge in [-0.2, -0.15) is 0 Å². The standard InChI is InChI=1S/C60H40N2SSi/c1-4-20-41(21-5-1)42-22-18-28-46(38-42)64(44-24-6-2-7-25-44,45-26-8-3-9-27-45)47-29-19-23-43(39-47)61-53-34-14-12-32-50(53)52-40-56(60-58(59(52)61)51-33-13-17-37-57(51)63-60)62-54-35-15-10-30-48(54)49-31-11-16-36-55(49)62/h1-40H/i1D,2D,3D,4D,5D,6D,7D,8D,9D,10D,11D,15D,16D,18D,19D,20D,21D,22D,23D,24D,25D,26D,27D,28D,29D,30D,31D,35D,36D,38D,39D. The Labute approximate surface area is 419 Å². The molecular formula is C60H40N2SSi. The molecule has 0 saturated heterocycles. The number of benzene rings is 10. The van der Waals surface area contributed by atoms with Crippen molar-refractivity contribution in [2.75, 3.05) is 0 Å². The number of aromatic nitrogens is 2. The van der Waals surface area contributed by atoms with Crippen LogP contribution in [0, 0.1) is 0 Å². The highest BCUT2D eigenvalue weighted by Crippen LogP contribution is 2.47. The number of rotatable bonds is 7. The van der Waals surface area contributed by atoms with Crippen molar-refractivity contribution in [3.63, 3.8) is 0 Å². The lowest BCUT2D eigenvalue weighted by Crippen LogP contribution is -2.74. The number of thiophene rings is 1. The molecule has 0 radical (unpaired) electrons. The van der Waals surface area contributed by atoms with Gasteiger partial charge in [0.2, 0.25) is 0 Å². The molecule has 0 aliphatic rings. The lowest BCUT2D eigenvalue weighted by molar-refractivity contribution is 1.18. The first-order valence-corrected chi connectivity index (χ1v) is 22.3. The van der Waals surface area contributed by atoms with E-state index in [0.29, 0.717) is 10.1 Å². The van der Waals surface area contributed by atoms with Crippen molar-refractivity contribution in [1.82, 2.24) is 9.13 Å². The lowest BCUT2D eigenvalue weighted by Gasteiger charge is -2.35. The summed E-state index contributed by atoms with van der Waals surface area (Å²) in [6.07, 6.45) is 0. The van der Waals surface area contributed by atoms with Crippen LogP contribution in [0.2, 0.25) is 0 Å². The van der Waals surface area contributed by atoms with Gasteiger partial charge in [0.25, 0.3) is 0 Å². The van der Waals surface area contributed by atoms with Crippen LogP contribution >= 0.6 is 11.3 Å². The Morgan fingerprint density at radius 3 is 1.66 bits per heavy atom. The predicted octanol–water partition coefficient (Wildman–Crippen LogP) is 13.3. The van der Waals surface area contributed by atoms with Crippen molar-refractivity contribution in [3.05, 3.63) is 242 Å². The topological polar surface area (TPSA) is 9.86 Å². The summed E-state index contributed by atoms with van der Waals surface area (Å²) in [6.45, 7) is 0. The van der Waals surface area contributed by atoms with Gasteiger partial charge in [0.15, 0.2) is 8.07 Å². The van der Waals surface area contributed by atoms with Crippen molar-refractivity contribution in [2.45, 2.75) is 0 Å². The normalized spacial score (nSPS) is 18.8. The molecule has 0 bridgehead atoms. The average Bonchev–Trinajstić information content (AvgIpc) is 1.49. The van der Waals surface area contributed by atoms with Crippen LogP contribution < -0.4 is 20.7 Å². The monoisotopic (exact) mass is 879 g/mol. The molecule has 0 atom stereocenters. The minimum Gasteiger partial charge on any atom is -0.309 e. The molecule has 0 aliphatic heterocycles. The molecule has 2 nitrogen and oxygen atoms in total. The predicted molar refractivity (Wildman–Crippen MR) is 277 cm³/mol. The van der Waals surface area contributed by atoms with Crippen molar-refractivity contribution in [3.8, 4) is 22.5 Å². The first kappa shape index (κ1) is 17.4. The van der Waals surface area contributed by atoms with Crippen LogP contribution in [-0.2, 0) is 0 Å². The summed E-state index contributed by atoms with van der Waals surface area (Å²) in [5, 5.41) is -3.96. The van der Waals surface area contributed by atoms with Crippen molar-refractivity contribution in [2.24, 2.45) is 0 Å². The molecule has 0 N–H and O–H groups in total. The molecule has 13 rings (SSSR count). The summed E-state index contributed by atoms with van der Waals surface area (Å²) in [5.74, 6) is 0. The third kappa shape index (κ3) is 5.43. The van der Waals surface area contributed by atoms with E-state index in [1.165, 1.54) is 15.2 Å². The van der Waals surface area contributed by atoms with Gasteiger partial charge in [0.05, 0.1) is 74.9 Å². The Bertz CT molecular complexity index is 5540. The Morgan fingerprint density at radius 1 is 0.406 bits per heavy atom. The van der Waals surface area contributed by atoms with E-state index in [9.17, 15) is 27.4 Å². The van der Waals surface area contributed by atoms with Gasteiger partial charge in [0.1, 0.15) is 0 Å². The van der Waals surface area contributed by atoms with Crippen LogP contribution in [0.1, 0.15) is 42.5 Å². The smallest absolute Gasteiger partial charge is 0.179 e. The highest BCUT2D eigenvalue weighted by atomic mass is 32.1. The first-order chi connectivity index (χ1) is 44.7. The Balaban J connectivity index is 1.32.